The van der Waals surface area contributed by atoms with Crippen molar-refractivity contribution in [1.29, 1.82) is 0 Å². The van der Waals surface area contributed by atoms with E-state index in [2.05, 4.69) is 78.1 Å². The van der Waals surface area contributed by atoms with Gasteiger partial charge in [-0.15, -0.1) is 0 Å². The van der Waals surface area contributed by atoms with Gasteiger partial charge in [-0.2, -0.15) is 0 Å². The number of nitrogens with one attached hydrogen (secondary N) is 1. The van der Waals surface area contributed by atoms with Crippen molar-refractivity contribution in [3.63, 3.8) is 0 Å². The summed E-state index contributed by atoms with van der Waals surface area (Å²) in [6.45, 7) is 1.26. The zero-order valence-corrected chi connectivity index (χ0v) is 13.2. The highest BCUT2D eigenvalue weighted by Crippen LogP contribution is 2.29. The van der Waals surface area contributed by atoms with Crippen molar-refractivity contribution in [3.8, 4) is 0 Å². The zero-order chi connectivity index (χ0) is 16.0. The van der Waals surface area contributed by atoms with Gasteiger partial charge in [0.2, 0.25) is 0 Å². The molecule has 3 rings (SSSR count). The van der Waals surface area contributed by atoms with Gasteiger partial charge in [-0.3, -0.25) is 5.32 Å². The second kappa shape index (κ2) is 7.23. The van der Waals surface area contributed by atoms with Crippen LogP contribution in [0.15, 0.2) is 91.0 Å². The van der Waals surface area contributed by atoms with Gasteiger partial charge >= 0.3 is 0 Å². The van der Waals surface area contributed by atoms with E-state index in [0.717, 1.165) is 6.54 Å². The fraction of sp³-hybridized carbons (Fsp3) is 0.143. The molecule has 2 nitrogen and oxygen atoms in total. The lowest BCUT2D eigenvalue weighted by Gasteiger charge is -2.35. The lowest BCUT2D eigenvalue weighted by Crippen LogP contribution is -2.49. The molecule has 0 aromatic heterocycles. The molecule has 0 heterocycles. The summed E-state index contributed by atoms with van der Waals surface area (Å²) in [5.41, 5.74) is 9.50. The number of rotatable bonds is 6. The summed E-state index contributed by atoms with van der Waals surface area (Å²) >= 11 is 0. The van der Waals surface area contributed by atoms with Gasteiger partial charge in [0.1, 0.15) is 0 Å². The van der Waals surface area contributed by atoms with Gasteiger partial charge in [0.05, 0.1) is 5.54 Å². The quantitative estimate of drug-likeness (QED) is 0.729. The van der Waals surface area contributed by atoms with E-state index < -0.39 is 5.54 Å². The first kappa shape index (κ1) is 15.5. The van der Waals surface area contributed by atoms with Crippen molar-refractivity contribution in [2.45, 2.75) is 12.1 Å². The van der Waals surface area contributed by atoms with E-state index in [0.29, 0.717) is 6.54 Å². The normalized spacial score (nSPS) is 11.3. The summed E-state index contributed by atoms with van der Waals surface area (Å²) in [5, 5.41) is 3.71. The minimum Gasteiger partial charge on any atom is -0.328 e. The lowest BCUT2D eigenvalue weighted by atomic mass is 9.82. The molecule has 0 aliphatic carbocycles. The Morgan fingerprint density at radius 1 is 0.652 bits per heavy atom. The number of hydrogen-bond donors (Lipinski definition) is 2. The molecular formula is C21H22N2. The van der Waals surface area contributed by atoms with Gasteiger partial charge in [0.25, 0.3) is 0 Å². The molecule has 0 aliphatic heterocycles. The molecule has 2 heteroatoms. The van der Waals surface area contributed by atoms with Crippen LogP contribution < -0.4 is 11.1 Å². The van der Waals surface area contributed by atoms with E-state index in [1.165, 1.54) is 16.7 Å². The summed E-state index contributed by atoms with van der Waals surface area (Å²) in [7, 11) is 0. The Balaban J connectivity index is 1.99. The molecule has 0 spiro atoms. The Labute approximate surface area is 138 Å². The van der Waals surface area contributed by atoms with E-state index in [9.17, 15) is 0 Å². The first-order valence-electron chi connectivity index (χ1n) is 7.95. The number of nitrogens with two attached hydrogens (primary N) is 1. The van der Waals surface area contributed by atoms with Crippen LogP contribution in [-0.2, 0) is 12.1 Å². The topological polar surface area (TPSA) is 38.0 Å². The van der Waals surface area contributed by atoms with Crippen LogP contribution in [0.4, 0.5) is 0 Å². The molecule has 0 bridgehead atoms. The Morgan fingerprint density at radius 3 is 1.52 bits per heavy atom. The minimum absolute atomic E-state index is 0.391. The summed E-state index contributed by atoms with van der Waals surface area (Å²) in [6.07, 6.45) is 0. The van der Waals surface area contributed by atoms with Crippen LogP contribution in [0.5, 0.6) is 0 Å². The van der Waals surface area contributed by atoms with E-state index in [-0.39, 0.29) is 0 Å². The fourth-order valence-electron chi connectivity index (χ4n) is 2.97. The van der Waals surface area contributed by atoms with Crippen LogP contribution in [0.25, 0.3) is 0 Å². The summed E-state index contributed by atoms with van der Waals surface area (Å²) in [5.74, 6) is 0. The average Bonchev–Trinajstić information content (AvgIpc) is 2.65. The van der Waals surface area contributed by atoms with Gasteiger partial charge in [-0.1, -0.05) is 91.0 Å². The SMILES string of the molecule is NCC(NCc1ccccc1)(c1ccccc1)c1ccccc1. The Bertz CT molecular complexity index is 669. The van der Waals surface area contributed by atoms with Crippen molar-refractivity contribution >= 4 is 0 Å². The third-order valence-electron chi connectivity index (χ3n) is 4.28. The van der Waals surface area contributed by atoms with Crippen molar-refractivity contribution in [3.05, 3.63) is 108 Å². The highest BCUT2D eigenvalue weighted by atomic mass is 15.0. The van der Waals surface area contributed by atoms with Crippen LogP contribution in [0, 0.1) is 0 Å². The van der Waals surface area contributed by atoms with E-state index in [4.69, 9.17) is 5.73 Å². The Hall–Kier alpha value is -2.42. The largest absolute Gasteiger partial charge is 0.328 e. The molecule has 0 fully saturated rings. The van der Waals surface area contributed by atoms with Crippen LogP contribution >= 0.6 is 0 Å². The summed E-state index contributed by atoms with van der Waals surface area (Å²) in [4.78, 5) is 0. The molecule has 0 amide bonds. The molecule has 3 N–H and O–H groups in total. The maximum Gasteiger partial charge on any atom is 0.0817 e. The first-order chi connectivity index (χ1) is 11.3. The Morgan fingerprint density at radius 2 is 1.09 bits per heavy atom. The standard InChI is InChI=1S/C21H22N2/c22-17-21(19-12-6-2-7-13-19,20-14-8-3-9-15-20)23-16-18-10-4-1-5-11-18/h1-15,23H,16-17,22H2. The maximum atomic E-state index is 6.27. The molecular weight excluding hydrogens is 280 g/mol. The predicted octanol–water partition coefficient (Wildman–Crippen LogP) is 3.68. The number of benzene rings is 3. The van der Waals surface area contributed by atoms with Gasteiger partial charge in [-0.25, -0.2) is 0 Å². The fourth-order valence-corrected chi connectivity index (χ4v) is 2.97. The van der Waals surface area contributed by atoms with Crippen LogP contribution in [-0.4, -0.2) is 6.54 Å². The monoisotopic (exact) mass is 302 g/mol. The second-order valence-electron chi connectivity index (χ2n) is 5.68. The smallest absolute Gasteiger partial charge is 0.0817 e. The molecule has 3 aromatic rings. The van der Waals surface area contributed by atoms with Crippen LogP contribution in [0.1, 0.15) is 16.7 Å². The molecule has 116 valence electrons. The molecule has 0 radical (unpaired) electrons. The van der Waals surface area contributed by atoms with Crippen molar-refractivity contribution in [2.75, 3.05) is 6.54 Å². The molecule has 3 aromatic carbocycles. The predicted molar refractivity (Wildman–Crippen MR) is 96.0 cm³/mol. The first-order valence-corrected chi connectivity index (χ1v) is 7.95. The van der Waals surface area contributed by atoms with Gasteiger partial charge in [0, 0.05) is 13.1 Å². The highest BCUT2D eigenvalue weighted by Gasteiger charge is 2.32. The van der Waals surface area contributed by atoms with Crippen molar-refractivity contribution < 1.29 is 0 Å². The van der Waals surface area contributed by atoms with Crippen LogP contribution in [0.3, 0.4) is 0 Å². The summed E-state index contributed by atoms with van der Waals surface area (Å²) in [6, 6.07) is 31.3. The van der Waals surface area contributed by atoms with E-state index >= 15 is 0 Å². The van der Waals surface area contributed by atoms with Crippen LogP contribution in [0.2, 0.25) is 0 Å². The van der Waals surface area contributed by atoms with Crippen molar-refractivity contribution in [2.24, 2.45) is 5.73 Å². The van der Waals surface area contributed by atoms with Gasteiger partial charge in [0.15, 0.2) is 0 Å². The van der Waals surface area contributed by atoms with Crippen molar-refractivity contribution in [1.82, 2.24) is 5.32 Å². The lowest BCUT2D eigenvalue weighted by molar-refractivity contribution is 0.407. The second-order valence-corrected chi connectivity index (χ2v) is 5.68. The molecule has 0 saturated carbocycles. The van der Waals surface area contributed by atoms with E-state index in [1.807, 2.05) is 18.2 Å². The maximum absolute atomic E-state index is 6.27. The van der Waals surface area contributed by atoms with Gasteiger partial charge in [-0.05, 0) is 16.7 Å². The zero-order valence-electron chi connectivity index (χ0n) is 13.2. The molecule has 0 aliphatic rings. The Kier molecular flexibility index (Phi) is 4.86. The highest BCUT2D eigenvalue weighted by molar-refractivity contribution is 5.39. The molecule has 23 heavy (non-hydrogen) atoms. The minimum atomic E-state index is -0.391. The van der Waals surface area contributed by atoms with E-state index in [1.54, 1.807) is 0 Å². The van der Waals surface area contributed by atoms with Gasteiger partial charge < -0.3 is 5.73 Å². The third kappa shape index (κ3) is 3.34. The molecule has 0 saturated heterocycles. The average molecular weight is 302 g/mol. The number of hydrogen-bond acceptors (Lipinski definition) is 2. The molecule has 0 atom stereocenters. The molecule has 0 unspecified atom stereocenters. The third-order valence-corrected chi connectivity index (χ3v) is 4.28. The summed E-state index contributed by atoms with van der Waals surface area (Å²) < 4.78 is 0.